The second kappa shape index (κ2) is 9.89. The van der Waals surface area contributed by atoms with Crippen LogP contribution in [0, 0.1) is 6.92 Å². The highest BCUT2D eigenvalue weighted by Gasteiger charge is 2.32. The predicted molar refractivity (Wildman–Crippen MR) is 138 cm³/mol. The van der Waals surface area contributed by atoms with Gasteiger partial charge in [0.2, 0.25) is 0 Å². The average molecular weight is 525 g/mol. The van der Waals surface area contributed by atoms with Gasteiger partial charge < -0.3 is 19.2 Å². The number of benzene rings is 1. The third kappa shape index (κ3) is 4.91. The fraction of sp³-hybridized carbons (Fsp3) is 0.346. The van der Waals surface area contributed by atoms with Crippen LogP contribution in [0.4, 0.5) is 0 Å². The summed E-state index contributed by atoms with van der Waals surface area (Å²) < 4.78 is 42.1. The molecular weight excluding hydrogens is 496 g/mol. The van der Waals surface area contributed by atoms with E-state index in [0.717, 1.165) is 5.56 Å². The molecule has 1 fully saturated rings. The molecule has 37 heavy (non-hydrogen) atoms. The Labute approximate surface area is 214 Å². The standard InChI is InChI=1S/C26H28N4O6S/c1-16-24-19(26(31)27-10-8-17-6-7-22(34-2)23(13-17)35-3)14-20(21-5-4-11-36-21)28-25(24)30(29-16)18-9-12-37(32,33)15-18/h4-7,11,13-14,18H,8-10,12,15H2,1-3H3,(H,27,31). The summed E-state index contributed by atoms with van der Waals surface area (Å²) in [6.07, 6.45) is 2.58. The van der Waals surface area contributed by atoms with E-state index in [-0.39, 0.29) is 23.5 Å². The average Bonchev–Trinajstić information content (AvgIpc) is 3.62. The Hall–Kier alpha value is -3.86. The van der Waals surface area contributed by atoms with Gasteiger partial charge in [-0.05, 0) is 55.7 Å². The van der Waals surface area contributed by atoms with Crippen molar-refractivity contribution in [3.63, 3.8) is 0 Å². The van der Waals surface area contributed by atoms with Gasteiger partial charge in [-0.2, -0.15) is 5.10 Å². The highest BCUT2D eigenvalue weighted by molar-refractivity contribution is 7.91. The maximum absolute atomic E-state index is 13.4. The quantitative estimate of drug-likeness (QED) is 0.372. The minimum Gasteiger partial charge on any atom is -0.493 e. The molecule has 0 radical (unpaired) electrons. The van der Waals surface area contributed by atoms with Gasteiger partial charge in [0.05, 0.1) is 54.7 Å². The van der Waals surface area contributed by atoms with Crippen molar-refractivity contribution in [1.82, 2.24) is 20.1 Å². The smallest absolute Gasteiger partial charge is 0.252 e. The summed E-state index contributed by atoms with van der Waals surface area (Å²) >= 11 is 0. The maximum atomic E-state index is 13.4. The fourth-order valence-corrected chi connectivity index (χ4v) is 6.41. The normalized spacial score (nSPS) is 16.7. The van der Waals surface area contributed by atoms with Gasteiger partial charge in [0.1, 0.15) is 5.69 Å². The first-order valence-electron chi connectivity index (χ1n) is 11.9. The fourth-order valence-electron chi connectivity index (χ4n) is 4.72. The lowest BCUT2D eigenvalue weighted by Crippen LogP contribution is -2.26. The molecule has 194 valence electrons. The number of carbonyl (C=O) groups excluding carboxylic acids is 1. The number of nitrogens with zero attached hydrogens (tertiary/aromatic N) is 3. The Morgan fingerprint density at radius 1 is 1.19 bits per heavy atom. The van der Waals surface area contributed by atoms with Crippen LogP contribution in [0.2, 0.25) is 0 Å². The van der Waals surface area contributed by atoms with Crippen molar-refractivity contribution < 1.29 is 27.1 Å². The molecular formula is C26H28N4O6S. The predicted octanol–water partition coefficient (Wildman–Crippen LogP) is 3.35. The zero-order valence-corrected chi connectivity index (χ0v) is 21.7. The summed E-state index contributed by atoms with van der Waals surface area (Å²) in [4.78, 5) is 18.2. The van der Waals surface area contributed by atoms with Gasteiger partial charge in [0, 0.05) is 6.54 Å². The maximum Gasteiger partial charge on any atom is 0.252 e. The van der Waals surface area contributed by atoms with Crippen LogP contribution in [0.1, 0.15) is 34.1 Å². The third-order valence-electron chi connectivity index (χ3n) is 6.56. The molecule has 1 unspecified atom stereocenters. The number of carbonyl (C=O) groups is 1. The number of hydrogen-bond donors (Lipinski definition) is 1. The molecule has 1 N–H and O–H groups in total. The highest BCUT2D eigenvalue weighted by atomic mass is 32.2. The summed E-state index contributed by atoms with van der Waals surface area (Å²) in [7, 11) is 0.0309. The van der Waals surface area contributed by atoms with E-state index in [2.05, 4.69) is 10.4 Å². The molecule has 5 rings (SSSR count). The van der Waals surface area contributed by atoms with Crippen LogP contribution in [0.5, 0.6) is 11.5 Å². The van der Waals surface area contributed by atoms with Crippen LogP contribution in [0.3, 0.4) is 0 Å². The zero-order valence-electron chi connectivity index (χ0n) is 20.9. The second-order valence-electron chi connectivity index (χ2n) is 9.01. The molecule has 1 atom stereocenters. The molecule has 1 aliphatic heterocycles. The lowest BCUT2D eigenvalue weighted by molar-refractivity contribution is 0.0955. The summed E-state index contributed by atoms with van der Waals surface area (Å²) in [5.41, 5.74) is 2.96. The number of furan rings is 1. The van der Waals surface area contributed by atoms with E-state index in [1.54, 1.807) is 44.0 Å². The van der Waals surface area contributed by atoms with Crippen LogP contribution in [0.15, 0.2) is 47.1 Å². The molecule has 1 amide bonds. The number of pyridine rings is 1. The van der Waals surface area contributed by atoms with Gasteiger partial charge in [-0.25, -0.2) is 18.1 Å². The minimum absolute atomic E-state index is 0.00271. The summed E-state index contributed by atoms with van der Waals surface area (Å²) in [6, 6.07) is 10.5. The van der Waals surface area contributed by atoms with E-state index in [9.17, 15) is 13.2 Å². The van der Waals surface area contributed by atoms with Crippen molar-refractivity contribution in [2.24, 2.45) is 0 Å². The number of sulfone groups is 1. The van der Waals surface area contributed by atoms with Crippen LogP contribution in [-0.4, -0.2) is 61.4 Å². The van der Waals surface area contributed by atoms with E-state index in [1.165, 1.54) is 6.26 Å². The van der Waals surface area contributed by atoms with Crippen molar-refractivity contribution in [1.29, 1.82) is 0 Å². The highest BCUT2D eigenvalue weighted by Crippen LogP contribution is 2.32. The van der Waals surface area contributed by atoms with Gasteiger partial charge in [0.15, 0.2) is 32.7 Å². The lowest BCUT2D eigenvalue weighted by atomic mass is 10.1. The van der Waals surface area contributed by atoms with Crippen molar-refractivity contribution in [3.8, 4) is 23.0 Å². The van der Waals surface area contributed by atoms with Gasteiger partial charge >= 0.3 is 0 Å². The van der Waals surface area contributed by atoms with E-state index < -0.39 is 9.84 Å². The number of methoxy groups -OCH3 is 2. The Morgan fingerprint density at radius 2 is 2.00 bits per heavy atom. The number of amides is 1. The van der Waals surface area contributed by atoms with Crippen molar-refractivity contribution in [3.05, 3.63) is 59.5 Å². The molecule has 10 nitrogen and oxygen atoms in total. The van der Waals surface area contributed by atoms with Crippen molar-refractivity contribution in [2.75, 3.05) is 32.3 Å². The summed E-state index contributed by atoms with van der Waals surface area (Å²) in [5.74, 6) is 1.61. The molecule has 0 aliphatic carbocycles. The lowest BCUT2D eigenvalue weighted by Gasteiger charge is -2.12. The van der Waals surface area contributed by atoms with Crippen molar-refractivity contribution >= 4 is 26.8 Å². The zero-order chi connectivity index (χ0) is 26.2. The largest absolute Gasteiger partial charge is 0.493 e. The molecule has 0 spiro atoms. The van der Waals surface area contributed by atoms with Crippen LogP contribution >= 0.6 is 0 Å². The number of hydrogen-bond acceptors (Lipinski definition) is 8. The number of aromatic nitrogens is 3. The molecule has 0 saturated carbocycles. The Balaban J connectivity index is 1.46. The number of fused-ring (bicyclic) bond motifs is 1. The molecule has 0 bridgehead atoms. The van der Waals surface area contributed by atoms with E-state index >= 15 is 0 Å². The molecule has 1 aromatic carbocycles. The third-order valence-corrected chi connectivity index (χ3v) is 8.31. The van der Waals surface area contributed by atoms with Crippen LogP contribution < -0.4 is 14.8 Å². The first-order valence-corrected chi connectivity index (χ1v) is 13.7. The number of rotatable bonds is 8. The number of aryl methyl sites for hydroxylation is 1. The van der Waals surface area contributed by atoms with Gasteiger partial charge in [-0.3, -0.25) is 4.79 Å². The summed E-state index contributed by atoms with van der Waals surface area (Å²) in [6.45, 7) is 2.19. The van der Waals surface area contributed by atoms with E-state index in [1.807, 2.05) is 18.2 Å². The van der Waals surface area contributed by atoms with Gasteiger partial charge in [0.25, 0.3) is 5.91 Å². The number of ether oxygens (including phenoxy) is 2. The molecule has 1 aliphatic rings. The second-order valence-corrected chi connectivity index (χ2v) is 11.2. The minimum atomic E-state index is -3.13. The number of nitrogens with one attached hydrogen (secondary N) is 1. The Kier molecular flexibility index (Phi) is 6.63. The molecule has 4 heterocycles. The molecule has 11 heteroatoms. The Bertz CT molecular complexity index is 1560. The van der Waals surface area contributed by atoms with Crippen LogP contribution in [-0.2, 0) is 16.3 Å². The first kappa shape index (κ1) is 24.8. The van der Waals surface area contributed by atoms with Crippen LogP contribution in [0.25, 0.3) is 22.5 Å². The van der Waals surface area contributed by atoms with E-state index in [0.29, 0.717) is 64.6 Å². The molecule has 3 aromatic heterocycles. The molecule has 4 aromatic rings. The van der Waals surface area contributed by atoms with E-state index in [4.69, 9.17) is 18.9 Å². The topological polar surface area (TPSA) is 126 Å². The van der Waals surface area contributed by atoms with Gasteiger partial charge in [-0.15, -0.1) is 0 Å². The van der Waals surface area contributed by atoms with Crippen molar-refractivity contribution in [2.45, 2.75) is 25.8 Å². The summed E-state index contributed by atoms with van der Waals surface area (Å²) in [5, 5.41) is 8.21. The monoisotopic (exact) mass is 524 g/mol. The Morgan fingerprint density at radius 3 is 2.68 bits per heavy atom. The molecule has 1 saturated heterocycles. The van der Waals surface area contributed by atoms with Gasteiger partial charge in [-0.1, -0.05) is 6.07 Å². The SMILES string of the molecule is COc1ccc(CCNC(=O)c2cc(-c3ccco3)nc3c2c(C)nn3C2CCS(=O)(=O)C2)cc1OC. The first-order chi connectivity index (χ1) is 17.8.